The Balaban J connectivity index is 0.950. The second kappa shape index (κ2) is 16.2. The highest BCUT2D eigenvalue weighted by molar-refractivity contribution is 5.92. The number of ether oxygens (including phenoxy) is 3. The van der Waals surface area contributed by atoms with Crippen LogP contribution in [0.2, 0.25) is 0 Å². The van der Waals surface area contributed by atoms with Crippen molar-refractivity contribution < 1.29 is 33.4 Å². The van der Waals surface area contributed by atoms with Crippen molar-refractivity contribution in [1.29, 1.82) is 0 Å². The molecule has 16 nitrogen and oxygen atoms in total. The number of methoxy groups -OCH3 is 2. The molecule has 9 rings (SSSR count). The number of H-pyrrole nitrogens is 2. The minimum Gasteiger partial charge on any atom is -0.470 e. The van der Waals surface area contributed by atoms with Gasteiger partial charge < -0.3 is 49.2 Å². The van der Waals surface area contributed by atoms with E-state index < -0.39 is 24.3 Å². The number of hydrogen-bond donors (Lipinski definition) is 4. The topological polar surface area (TPSA) is 189 Å². The molecule has 2 saturated heterocycles. The molecule has 62 heavy (non-hydrogen) atoms. The summed E-state index contributed by atoms with van der Waals surface area (Å²) < 4.78 is 18.4. The highest BCUT2D eigenvalue weighted by atomic mass is 16.5. The summed E-state index contributed by atoms with van der Waals surface area (Å²) in [6.45, 7) is 10.3. The number of alkyl carbamates (subject to hydrolysis) is 2. The number of benzene rings is 2. The number of carbonyl (C=O) groups is 4. The number of carbonyl (C=O) groups excluding carboxylic acids is 4. The number of amides is 4. The summed E-state index contributed by atoms with van der Waals surface area (Å²) in [5, 5.41) is 6.53. The van der Waals surface area contributed by atoms with E-state index in [1.54, 1.807) is 0 Å². The molecule has 2 bridgehead atoms. The van der Waals surface area contributed by atoms with E-state index in [1.165, 1.54) is 14.2 Å². The van der Waals surface area contributed by atoms with Crippen LogP contribution >= 0.6 is 0 Å². The van der Waals surface area contributed by atoms with Gasteiger partial charge >= 0.3 is 12.2 Å². The Kier molecular flexibility index (Phi) is 10.7. The van der Waals surface area contributed by atoms with E-state index in [4.69, 9.17) is 24.2 Å². The van der Waals surface area contributed by atoms with Crippen molar-refractivity contribution >= 4 is 34.9 Å². The average Bonchev–Trinajstić information content (AvgIpc) is 4.12. The van der Waals surface area contributed by atoms with Crippen molar-refractivity contribution in [2.75, 3.05) is 20.8 Å². The van der Waals surface area contributed by atoms with Crippen molar-refractivity contribution in [1.82, 2.24) is 44.9 Å². The fourth-order valence-corrected chi connectivity index (χ4v) is 10.2. The lowest BCUT2D eigenvalue weighted by Gasteiger charge is -2.37. The predicted octanol–water partition coefficient (Wildman–Crippen LogP) is 7.48. The first-order valence-corrected chi connectivity index (χ1v) is 21.7. The maximum absolute atomic E-state index is 14.1. The summed E-state index contributed by atoms with van der Waals surface area (Å²) in [5.41, 5.74) is 6.64. The first-order valence-electron chi connectivity index (χ1n) is 21.7. The zero-order chi connectivity index (χ0) is 43.6. The fourth-order valence-electron chi connectivity index (χ4n) is 10.2. The third-order valence-electron chi connectivity index (χ3n) is 13.3. The highest BCUT2D eigenvalue weighted by Crippen LogP contribution is 2.51. The van der Waals surface area contributed by atoms with Gasteiger partial charge in [0, 0.05) is 34.7 Å². The molecule has 1 aliphatic carbocycles. The third-order valence-corrected chi connectivity index (χ3v) is 13.3. The van der Waals surface area contributed by atoms with Gasteiger partial charge in [0.15, 0.2) is 6.23 Å². The Morgan fingerprint density at radius 3 is 2.15 bits per heavy atom. The van der Waals surface area contributed by atoms with Gasteiger partial charge in [-0.3, -0.25) is 9.59 Å². The molecule has 4 amide bonds. The quantitative estimate of drug-likeness (QED) is 0.111. The monoisotopic (exact) mass is 845 g/mol. The van der Waals surface area contributed by atoms with Crippen LogP contribution in [0, 0.1) is 17.8 Å². The molecule has 0 spiro atoms. The van der Waals surface area contributed by atoms with Gasteiger partial charge in [0.05, 0.1) is 61.3 Å². The van der Waals surface area contributed by atoms with Crippen LogP contribution in [0.3, 0.4) is 0 Å². The van der Waals surface area contributed by atoms with Gasteiger partial charge in [-0.2, -0.15) is 0 Å². The second-order valence-corrected chi connectivity index (χ2v) is 17.8. The molecule has 4 N–H and O–H groups in total. The van der Waals surface area contributed by atoms with Gasteiger partial charge in [-0.05, 0) is 87.1 Å². The van der Waals surface area contributed by atoms with Gasteiger partial charge in [0.25, 0.3) is 0 Å². The molecule has 1 saturated carbocycles. The maximum Gasteiger partial charge on any atom is 0.407 e. The Hall–Kier alpha value is -6.32. The van der Waals surface area contributed by atoms with Gasteiger partial charge in [-0.1, -0.05) is 39.8 Å². The van der Waals surface area contributed by atoms with Gasteiger partial charge in [-0.15, -0.1) is 0 Å². The highest BCUT2D eigenvalue weighted by Gasteiger charge is 2.51. The lowest BCUT2D eigenvalue weighted by Crippen LogP contribution is -2.54. The zero-order valence-electron chi connectivity index (χ0n) is 36.2. The first kappa shape index (κ1) is 41.1. The molecule has 3 aliphatic heterocycles. The van der Waals surface area contributed by atoms with Crippen LogP contribution in [0.1, 0.15) is 96.7 Å². The molecular weight excluding hydrogens is 791 g/mol. The Bertz CT molecular complexity index is 2540. The van der Waals surface area contributed by atoms with Crippen LogP contribution < -0.4 is 15.4 Å². The Labute approximate surface area is 360 Å². The van der Waals surface area contributed by atoms with E-state index in [1.807, 2.05) is 62.9 Å². The fraction of sp³-hybridized carbons (Fsp3) is 0.478. The number of hydrogen-bond acceptors (Lipinski definition) is 9. The summed E-state index contributed by atoms with van der Waals surface area (Å²) in [5.74, 6) is 2.03. The standard InChI is InChI=1S/C46H55N9O7/c1-23(2)38(51-45(58)60-6)43(56)53-16-8-9-35(53)41-47-21-32(49-41)26-12-15-34-29(17-26)19-36-31-14-11-27(20-37(31)62-25(5)54(34)36)33-22-48-42(50-33)40-28-10-13-30(18-28)55(40)44(57)39(24(3)4)52-46(59)61-7/h11-12,14-15,17,19-25,28,30,35,38-40H,8-10,13,16,18H2,1-7H3,(H,47,49)(H,48,50)(H,51,58)(H,52,59)/t25?,28-,30+,35-,38-,39-,40?/m0/s1. The molecular formula is C46H55N9O7. The summed E-state index contributed by atoms with van der Waals surface area (Å²) in [7, 11) is 2.60. The molecule has 2 aromatic carbocycles. The molecule has 5 aromatic rings. The van der Waals surface area contributed by atoms with E-state index >= 15 is 0 Å². The first-order chi connectivity index (χ1) is 29.8. The third kappa shape index (κ3) is 7.12. The normalized spacial score (nSPS) is 22.4. The summed E-state index contributed by atoms with van der Waals surface area (Å²) >= 11 is 0. The average molecular weight is 846 g/mol. The number of rotatable bonds is 10. The molecule has 0 radical (unpaired) electrons. The van der Waals surface area contributed by atoms with E-state index in [-0.39, 0.29) is 53.9 Å². The van der Waals surface area contributed by atoms with E-state index in [0.717, 1.165) is 88.4 Å². The molecule has 16 heteroatoms. The van der Waals surface area contributed by atoms with Crippen LogP contribution in [-0.2, 0) is 19.1 Å². The lowest BCUT2D eigenvalue weighted by atomic mass is 9.95. The van der Waals surface area contributed by atoms with Crippen molar-refractivity contribution in [3.05, 3.63) is 66.5 Å². The smallest absolute Gasteiger partial charge is 0.407 e. The molecule has 326 valence electrons. The van der Waals surface area contributed by atoms with Crippen LogP contribution in [0.25, 0.3) is 44.7 Å². The molecule has 4 aliphatic rings. The minimum atomic E-state index is -0.702. The SMILES string of the molecule is COC(=O)N[C@H](C(=O)N1CCC[C@H]1c1ncc(-c2ccc3c(c2)cc2n3C(C)Oc3cc(-c4cnc(C5[C@H]6CC[C@H](C6)N5C(=O)[C@@H](NC(=O)OC)C(C)C)[nH]4)ccc3-2)[nH]1)C(C)C. The molecule has 3 fully saturated rings. The zero-order valence-corrected chi connectivity index (χ0v) is 36.2. The van der Waals surface area contributed by atoms with Crippen LogP contribution in [0.15, 0.2) is 54.9 Å². The Morgan fingerprint density at radius 1 is 0.806 bits per heavy atom. The van der Waals surface area contributed by atoms with Crippen molar-refractivity contribution in [3.8, 4) is 39.5 Å². The number of aromatic nitrogens is 5. The molecule has 3 aromatic heterocycles. The van der Waals surface area contributed by atoms with Crippen molar-refractivity contribution in [2.45, 2.75) is 103 Å². The van der Waals surface area contributed by atoms with Crippen LogP contribution in [0.5, 0.6) is 5.75 Å². The number of piperidine rings is 1. The summed E-state index contributed by atoms with van der Waals surface area (Å²) in [6, 6.07) is 13.0. The number of nitrogens with zero attached hydrogens (tertiary/aromatic N) is 5. The Morgan fingerprint density at radius 2 is 1.45 bits per heavy atom. The molecule has 2 unspecified atom stereocenters. The number of imidazole rings is 2. The number of likely N-dealkylation sites (tertiary alicyclic amines) is 2. The lowest BCUT2D eigenvalue weighted by molar-refractivity contribution is -0.139. The largest absolute Gasteiger partial charge is 0.470 e. The second-order valence-electron chi connectivity index (χ2n) is 17.8. The van der Waals surface area contributed by atoms with Crippen molar-refractivity contribution in [3.63, 3.8) is 0 Å². The van der Waals surface area contributed by atoms with E-state index in [0.29, 0.717) is 12.4 Å². The van der Waals surface area contributed by atoms with Crippen LogP contribution in [-0.4, -0.2) is 97.2 Å². The van der Waals surface area contributed by atoms with E-state index in [9.17, 15) is 19.2 Å². The molecule has 7 atom stereocenters. The number of aromatic amines is 2. The van der Waals surface area contributed by atoms with Crippen LogP contribution in [0.4, 0.5) is 9.59 Å². The van der Waals surface area contributed by atoms with Crippen molar-refractivity contribution in [2.24, 2.45) is 17.8 Å². The predicted molar refractivity (Wildman–Crippen MR) is 231 cm³/mol. The van der Waals surface area contributed by atoms with Gasteiger partial charge in [0.2, 0.25) is 11.8 Å². The van der Waals surface area contributed by atoms with Gasteiger partial charge in [0.1, 0.15) is 29.5 Å². The maximum atomic E-state index is 14.1. The number of fused-ring (bicyclic) bond motifs is 7. The summed E-state index contributed by atoms with van der Waals surface area (Å²) in [6.07, 6.45) is 6.61. The van der Waals surface area contributed by atoms with Gasteiger partial charge in [-0.25, -0.2) is 19.6 Å². The van der Waals surface area contributed by atoms with E-state index in [2.05, 4.69) is 61.6 Å². The summed E-state index contributed by atoms with van der Waals surface area (Å²) in [4.78, 5) is 72.4. The molecule has 6 heterocycles. The number of nitrogens with one attached hydrogen (secondary N) is 4. The minimum absolute atomic E-state index is 0.104.